The normalized spacial score (nSPS) is 10.5. The zero-order valence-corrected chi connectivity index (χ0v) is 10.6. The van der Waals surface area contributed by atoms with E-state index in [-0.39, 0.29) is 17.9 Å². The van der Waals surface area contributed by atoms with Crippen LogP contribution < -0.4 is 5.32 Å². The van der Waals surface area contributed by atoms with Crippen LogP contribution in [-0.4, -0.2) is 20.8 Å². The largest absolute Gasteiger partial charge is 0.507 e. The SMILES string of the molecule is Cc1c(CNC(=O)c2c(O)cccc2F)cnn1C. The summed E-state index contributed by atoms with van der Waals surface area (Å²) in [6.45, 7) is 2.10. The fourth-order valence-electron chi connectivity index (χ4n) is 1.72. The van der Waals surface area contributed by atoms with E-state index in [1.54, 1.807) is 17.9 Å². The van der Waals surface area contributed by atoms with Crippen molar-refractivity contribution in [3.63, 3.8) is 0 Å². The highest BCUT2D eigenvalue weighted by Gasteiger charge is 2.16. The van der Waals surface area contributed by atoms with Gasteiger partial charge in [0.2, 0.25) is 0 Å². The first-order valence-electron chi connectivity index (χ1n) is 5.74. The molecule has 6 heteroatoms. The molecule has 0 saturated heterocycles. The highest BCUT2D eigenvalue weighted by atomic mass is 19.1. The number of carbonyl (C=O) groups excluding carboxylic acids is 1. The minimum Gasteiger partial charge on any atom is -0.507 e. The number of benzene rings is 1. The number of phenolic OH excluding ortho intramolecular Hbond substituents is 1. The third-order valence-corrected chi connectivity index (χ3v) is 2.99. The molecule has 5 nitrogen and oxygen atoms in total. The summed E-state index contributed by atoms with van der Waals surface area (Å²) in [5.41, 5.74) is 1.41. The zero-order chi connectivity index (χ0) is 14.0. The Balaban J connectivity index is 2.12. The Hall–Kier alpha value is -2.37. The van der Waals surface area contributed by atoms with E-state index in [2.05, 4.69) is 10.4 Å². The topological polar surface area (TPSA) is 67.2 Å². The van der Waals surface area contributed by atoms with Crippen LogP contribution in [0.15, 0.2) is 24.4 Å². The van der Waals surface area contributed by atoms with Gasteiger partial charge in [0.15, 0.2) is 0 Å². The van der Waals surface area contributed by atoms with Crippen LogP contribution >= 0.6 is 0 Å². The Morgan fingerprint density at radius 2 is 2.26 bits per heavy atom. The van der Waals surface area contributed by atoms with Crippen molar-refractivity contribution in [1.29, 1.82) is 0 Å². The van der Waals surface area contributed by atoms with Gasteiger partial charge < -0.3 is 10.4 Å². The number of halogens is 1. The molecule has 1 aromatic heterocycles. The van der Waals surface area contributed by atoms with Crippen molar-refractivity contribution in [2.75, 3.05) is 0 Å². The molecule has 1 heterocycles. The Labute approximate surface area is 109 Å². The first-order chi connectivity index (χ1) is 9.00. The molecule has 0 aliphatic heterocycles. The van der Waals surface area contributed by atoms with Gasteiger partial charge in [0.05, 0.1) is 6.20 Å². The van der Waals surface area contributed by atoms with Crippen LogP contribution in [0, 0.1) is 12.7 Å². The van der Waals surface area contributed by atoms with Crippen molar-refractivity contribution < 1.29 is 14.3 Å². The van der Waals surface area contributed by atoms with Crippen LogP contribution in [-0.2, 0) is 13.6 Å². The lowest BCUT2D eigenvalue weighted by Gasteiger charge is -2.07. The van der Waals surface area contributed by atoms with Crippen molar-refractivity contribution in [2.45, 2.75) is 13.5 Å². The molecule has 0 aliphatic rings. The number of nitrogens with one attached hydrogen (secondary N) is 1. The minimum atomic E-state index is -0.750. The lowest BCUT2D eigenvalue weighted by atomic mass is 10.1. The predicted octanol–water partition coefficient (Wildman–Crippen LogP) is 1.50. The number of carbonyl (C=O) groups is 1. The van der Waals surface area contributed by atoms with Crippen molar-refractivity contribution in [1.82, 2.24) is 15.1 Å². The van der Waals surface area contributed by atoms with E-state index in [1.165, 1.54) is 12.1 Å². The molecule has 0 spiro atoms. The van der Waals surface area contributed by atoms with E-state index in [0.717, 1.165) is 17.3 Å². The molecule has 1 amide bonds. The summed E-state index contributed by atoms with van der Waals surface area (Å²) in [5.74, 6) is -1.78. The highest BCUT2D eigenvalue weighted by Crippen LogP contribution is 2.19. The summed E-state index contributed by atoms with van der Waals surface area (Å²) in [6, 6.07) is 3.74. The fraction of sp³-hybridized carbons (Fsp3) is 0.231. The van der Waals surface area contributed by atoms with Gasteiger partial charge in [-0.05, 0) is 19.1 Å². The van der Waals surface area contributed by atoms with Crippen LogP contribution in [0.25, 0.3) is 0 Å². The van der Waals surface area contributed by atoms with Gasteiger partial charge in [0.25, 0.3) is 5.91 Å². The number of rotatable bonds is 3. The van der Waals surface area contributed by atoms with Crippen LogP contribution in [0.3, 0.4) is 0 Å². The Morgan fingerprint density at radius 3 is 2.84 bits per heavy atom. The van der Waals surface area contributed by atoms with E-state index in [9.17, 15) is 14.3 Å². The number of phenols is 1. The molecule has 100 valence electrons. The van der Waals surface area contributed by atoms with E-state index in [0.29, 0.717) is 0 Å². The molecule has 0 bridgehead atoms. The first-order valence-corrected chi connectivity index (χ1v) is 5.74. The zero-order valence-electron chi connectivity index (χ0n) is 10.6. The Bertz CT molecular complexity index is 602. The van der Waals surface area contributed by atoms with E-state index < -0.39 is 11.7 Å². The lowest BCUT2D eigenvalue weighted by Crippen LogP contribution is -2.24. The average Bonchev–Trinajstić information content (AvgIpc) is 2.67. The van der Waals surface area contributed by atoms with Gasteiger partial charge in [-0.15, -0.1) is 0 Å². The Kier molecular flexibility index (Phi) is 3.50. The van der Waals surface area contributed by atoms with Gasteiger partial charge >= 0.3 is 0 Å². The maximum Gasteiger partial charge on any atom is 0.258 e. The van der Waals surface area contributed by atoms with Crippen LogP contribution in [0.5, 0.6) is 5.75 Å². The number of amides is 1. The van der Waals surface area contributed by atoms with Gasteiger partial charge in [-0.2, -0.15) is 5.10 Å². The molecule has 0 radical (unpaired) electrons. The number of nitrogens with zero attached hydrogens (tertiary/aromatic N) is 2. The monoisotopic (exact) mass is 263 g/mol. The van der Waals surface area contributed by atoms with Crippen molar-refractivity contribution in [3.05, 3.63) is 47.0 Å². The second kappa shape index (κ2) is 5.09. The maximum absolute atomic E-state index is 13.5. The molecule has 2 rings (SSSR count). The highest BCUT2D eigenvalue weighted by molar-refractivity contribution is 5.97. The molecule has 0 unspecified atom stereocenters. The molecule has 0 fully saturated rings. The number of aromatic hydroxyl groups is 1. The summed E-state index contributed by atoms with van der Waals surface area (Å²) in [7, 11) is 1.79. The fourth-order valence-corrected chi connectivity index (χ4v) is 1.72. The van der Waals surface area contributed by atoms with Gasteiger partial charge in [-0.25, -0.2) is 4.39 Å². The average molecular weight is 263 g/mol. The van der Waals surface area contributed by atoms with Gasteiger partial charge in [-0.1, -0.05) is 6.07 Å². The number of hydrogen-bond acceptors (Lipinski definition) is 3. The number of hydrogen-bond donors (Lipinski definition) is 2. The molecule has 2 N–H and O–H groups in total. The number of aryl methyl sites for hydroxylation is 1. The molecule has 1 aromatic carbocycles. The molecular weight excluding hydrogens is 249 g/mol. The minimum absolute atomic E-state index is 0.228. The molecule has 19 heavy (non-hydrogen) atoms. The van der Waals surface area contributed by atoms with Gasteiger partial charge in [-0.3, -0.25) is 9.48 Å². The number of aromatic nitrogens is 2. The van der Waals surface area contributed by atoms with E-state index in [1.807, 2.05) is 6.92 Å². The summed E-state index contributed by atoms with van der Waals surface area (Å²) in [6.07, 6.45) is 1.64. The van der Waals surface area contributed by atoms with Crippen LogP contribution in [0.4, 0.5) is 4.39 Å². The summed E-state index contributed by atoms with van der Waals surface area (Å²) < 4.78 is 15.2. The van der Waals surface area contributed by atoms with E-state index in [4.69, 9.17) is 0 Å². The lowest BCUT2D eigenvalue weighted by molar-refractivity contribution is 0.0944. The predicted molar refractivity (Wildman–Crippen MR) is 67.2 cm³/mol. The quantitative estimate of drug-likeness (QED) is 0.882. The molecule has 0 aliphatic carbocycles. The van der Waals surface area contributed by atoms with Crippen LogP contribution in [0.1, 0.15) is 21.6 Å². The molecule has 0 saturated carbocycles. The third-order valence-electron chi connectivity index (χ3n) is 2.99. The smallest absolute Gasteiger partial charge is 0.258 e. The molecule has 0 atom stereocenters. The van der Waals surface area contributed by atoms with Crippen LogP contribution in [0.2, 0.25) is 0 Å². The van der Waals surface area contributed by atoms with E-state index >= 15 is 0 Å². The van der Waals surface area contributed by atoms with Gasteiger partial charge in [0.1, 0.15) is 17.1 Å². The van der Waals surface area contributed by atoms with Crippen molar-refractivity contribution >= 4 is 5.91 Å². The summed E-state index contributed by atoms with van der Waals surface area (Å²) >= 11 is 0. The Morgan fingerprint density at radius 1 is 1.53 bits per heavy atom. The van der Waals surface area contributed by atoms with Gasteiger partial charge in [0, 0.05) is 24.8 Å². The molecule has 2 aromatic rings. The standard InChI is InChI=1S/C13H14FN3O2/c1-8-9(7-16-17(8)2)6-15-13(19)12-10(14)4-3-5-11(12)18/h3-5,7,18H,6H2,1-2H3,(H,15,19). The maximum atomic E-state index is 13.5. The van der Waals surface area contributed by atoms with Crippen molar-refractivity contribution in [3.8, 4) is 5.75 Å². The van der Waals surface area contributed by atoms with Crippen molar-refractivity contribution in [2.24, 2.45) is 7.05 Å². The molecular formula is C13H14FN3O2. The first kappa shape index (κ1) is 13.1. The summed E-state index contributed by atoms with van der Waals surface area (Å²) in [5, 5.41) is 16.1. The second-order valence-corrected chi connectivity index (χ2v) is 4.20. The second-order valence-electron chi connectivity index (χ2n) is 4.20. The summed E-state index contributed by atoms with van der Waals surface area (Å²) in [4.78, 5) is 11.8. The third kappa shape index (κ3) is 2.57.